The number of halogens is 2. The van der Waals surface area contributed by atoms with E-state index < -0.39 is 5.92 Å². The molecule has 1 aliphatic heterocycles. The molecule has 1 saturated heterocycles. The van der Waals surface area contributed by atoms with E-state index in [9.17, 15) is 8.78 Å². The molecule has 1 atom stereocenters. The highest BCUT2D eigenvalue weighted by Crippen LogP contribution is 2.33. The summed E-state index contributed by atoms with van der Waals surface area (Å²) >= 11 is 1.91. The molecule has 0 aliphatic carbocycles. The first-order valence-corrected chi connectivity index (χ1v) is 6.15. The van der Waals surface area contributed by atoms with Crippen LogP contribution in [0.25, 0.3) is 0 Å². The number of nitrogens with zero attached hydrogens (tertiary/aromatic N) is 1. The lowest BCUT2D eigenvalue weighted by atomic mass is 10.00. The fourth-order valence-electron chi connectivity index (χ4n) is 1.70. The normalized spacial score (nSPS) is 21.9. The zero-order valence-corrected chi connectivity index (χ0v) is 9.36. The molecule has 1 fully saturated rings. The van der Waals surface area contributed by atoms with Crippen molar-refractivity contribution in [2.75, 3.05) is 11.5 Å². The number of rotatable bonds is 2. The first-order valence-electron chi connectivity index (χ1n) is 4.99. The van der Waals surface area contributed by atoms with Crippen LogP contribution in [-0.4, -0.2) is 16.5 Å². The molecule has 4 heteroatoms. The lowest BCUT2D eigenvalue weighted by molar-refractivity contribution is 0.0127. The smallest absolute Gasteiger partial charge is 0.255 e. The third-order valence-corrected chi connectivity index (χ3v) is 3.80. The Morgan fingerprint density at radius 3 is 2.73 bits per heavy atom. The van der Waals surface area contributed by atoms with Crippen LogP contribution in [0.5, 0.6) is 0 Å². The molecule has 1 unspecified atom stereocenters. The predicted molar refractivity (Wildman–Crippen MR) is 58.5 cm³/mol. The van der Waals surface area contributed by atoms with Crippen LogP contribution in [-0.2, 0) is 5.92 Å². The highest BCUT2D eigenvalue weighted by Gasteiger charge is 2.26. The molecule has 15 heavy (non-hydrogen) atoms. The number of alkyl halides is 2. The molecule has 0 N–H and O–H groups in total. The van der Waals surface area contributed by atoms with E-state index in [0.717, 1.165) is 30.4 Å². The van der Waals surface area contributed by atoms with Crippen LogP contribution in [0.4, 0.5) is 8.78 Å². The van der Waals surface area contributed by atoms with E-state index in [0.29, 0.717) is 5.92 Å². The minimum absolute atomic E-state index is 0.142. The summed E-state index contributed by atoms with van der Waals surface area (Å²) < 4.78 is 25.8. The van der Waals surface area contributed by atoms with E-state index in [1.165, 1.54) is 6.07 Å². The van der Waals surface area contributed by atoms with Gasteiger partial charge in [0.25, 0.3) is 5.92 Å². The minimum atomic E-state index is -2.83. The third-order valence-electron chi connectivity index (χ3n) is 2.64. The van der Waals surface area contributed by atoms with Crippen molar-refractivity contribution in [1.82, 2.24) is 4.98 Å². The Balaban J connectivity index is 2.16. The molecule has 1 aliphatic rings. The maximum Gasteiger partial charge on any atom is 0.286 e. The maximum atomic E-state index is 12.9. The van der Waals surface area contributed by atoms with E-state index in [2.05, 4.69) is 4.98 Å². The second-order valence-corrected chi connectivity index (χ2v) is 5.08. The fraction of sp³-hybridized carbons (Fsp3) is 0.545. The molecule has 1 nitrogen and oxygen atoms in total. The van der Waals surface area contributed by atoms with Gasteiger partial charge in [0.2, 0.25) is 0 Å². The van der Waals surface area contributed by atoms with Crippen LogP contribution in [0.3, 0.4) is 0 Å². The van der Waals surface area contributed by atoms with Crippen molar-refractivity contribution in [3.05, 3.63) is 29.6 Å². The van der Waals surface area contributed by atoms with Crippen LogP contribution in [0.15, 0.2) is 18.3 Å². The Morgan fingerprint density at radius 1 is 1.47 bits per heavy atom. The van der Waals surface area contributed by atoms with Crippen molar-refractivity contribution in [2.24, 2.45) is 0 Å². The summed E-state index contributed by atoms with van der Waals surface area (Å²) in [5, 5.41) is 0. The van der Waals surface area contributed by atoms with Gasteiger partial charge in [-0.15, -0.1) is 0 Å². The highest BCUT2D eigenvalue weighted by atomic mass is 32.2. The Labute approximate surface area is 92.3 Å². The predicted octanol–water partition coefficient (Wildman–Crippen LogP) is 3.41. The average molecular weight is 229 g/mol. The molecule has 0 aromatic carbocycles. The van der Waals surface area contributed by atoms with Crippen molar-refractivity contribution >= 4 is 11.8 Å². The molecule has 0 radical (unpaired) electrons. The fourth-order valence-corrected chi connectivity index (χ4v) is 2.97. The third kappa shape index (κ3) is 2.48. The van der Waals surface area contributed by atoms with Crippen molar-refractivity contribution in [3.63, 3.8) is 0 Å². The summed E-state index contributed by atoms with van der Waals surface area (Å²) in [5.74, 6) is -0.0786. The van der Waals surface area contributed by atoms with Crippen molar-refractivity contribution in [3.8, 4) is 0 Å². The lowest BCUT2D eigenvalue weighted by Gasteiger charge is -2.12. The molecule has 0 amide bonds. The van der Waals surface area contributed by atoms with E-state index >= 15 is 0 Å². The number of thioether (sulfide) groups is 1. The van der Waals surface area contributed by atoms with Crippen molar-refractivity contribution in [2.45, 2.75) is 25.2 Å². The molecule has 0 saturated carbocycles. The number of hydrogen-bond donors (Lipinski definition) is 0. The molecule has 0 bridgehead atoms. The van der Waals surface area contributed by atoms with E-state index in [-0.39, 0.29) is 5.69 Å². The minimum Gasteiger partial charge on any atom is -0.255 e. The summed E-state index contributed by atoms with van der Waals surface area (Å²) in [6.07, 6.45) is 2.73. The van der Waals surface area contributed by atoms with Gasteiger partial charge in [0.05, 0.1) is 0 Å². The van der Waals surface area contributed by atoms with Gasteiger partial charge in [-0.25, -0.2) is 0 Å². The second kappa shape index (κ2) is 4.08. The van der Waals surface area contributed by atoms with Gasteiger partial charge in [-0.1, -0.05) is 6.07 Å². The van der Waals surface area contributed by atoms with Crippen LogP contribution in [0.1, 0.15) is 30.5 Å². The SMILES string of the molecule is CC(F)(F)c1ccc(C2CCSC2)cn1. The standard InChI is InChI=1S/C11H13F2NS/c1-11(12,13)10-3-2-8(6-14-10)9-4-5-15-7-9/h2-3,6,9H,4-5,7H2,1H3. The summed E-state index contributed by atoms with van der Waals surface area (Å²) in [7, 11) is 0. The molecule has 2 heterocycles. The zero-order valence-electron chi connectivity index (χ0n) is 8.54. The molecule has 2 rings (SSSR count). The number of pyridine rings is 1. The molecule has 1 aromatic rings. The Kier molecular flexibility index (Phi) is 2.96. The Bertz CT molecular complexity index is 325. The molecule has 0 spiro atoms. The second-order valence-electron chi connectivity index (χ2n) is 3.93. The average Bonchev–Trinajstić information content (AvgIpc) is 2.69. The van der Waals surface area contributed by atoms with E-state index in [1.807, 2.05) is 11.8 Å². The van der Waals surface area contributed by atoms with Gasteiger partial charge in [0.1, 0.15) is 5.69 Å². The topological polar surface area (TPSA) is 12.9 Å². The quantitative estimate of drug-likeness (QED) is 0.770. The lowest BCUT2D eigenvalue weighted by Crippen LogP contribution is -2.10. The maximum absolute atomic E-state index is 12.9. The summed E-state index contributed by atoms with van der Waals surface area (Å²) in [6.45, 7) is 0.875. The zero-order chi connectivity index (χ0) is 10.9. The summed E-state index contributed by atoms with van der Waals surface area (Å²) in [4.78, 5) is 3.84. The van der Waals surface area contributed by atoms with Gasteiger partial charge in [0.15, 0.2) is 0 Å². The number of aromatic nitrogens is 1. The first-order chi connectivity index (χ1) is 7.07. The first kappa shape index (κ1) is 10.9. The summed E-state index contributed by atoms with van der Waals surface area (Å²) in [5.41, 5.74) is 0.949. The van der Waals surface area contributed by atoms with Crippen LogP contribution < -0.4 is 0 Å². The molecular formula is C11H13F2NS. The molecule has 1 aromatic heterocycles. The largest absolute Gasteiger partial charge is 0.286 e. The van der Waals surface area contributed by atoms with Gasteiger partial charge in [0, 0.05) is 18.9 Å². The summed E-state index contributed by atoms with van der Waals surface area (Å²) in [6, 6.07) is 3.23. The Hall–Kier alpha value is -0.640. The van der Waals surface area contributed by atoms with E-state index in [4.69, 9.17) is 0 Å². The number of hydrogen-bond acceptors (Lipinski definition) is 2. The van der Waals surface area contributed by atoms with Crippen molar-refractivity contribution in [1.29, 1.82) is 0 Å². The van der Waals surface area contributed by atoms with E-state index in [1.54, 1.807) is 12.3 Å². The van der Waals surface area contributed by atoms with Gasteiger partial charge < -0.3 is 0 Å². The highest BCUT2D eigenvalue weighted by molar-refractivity contribution is 7.99. The molecular weight excluding hydrogens is 216 g/mol. The van der Waals surface area contributed by atoms with Gasteiger partial charge >= 0.3 is 0 Å². The Morgan fingerprint density at radius 2 is 2.27 bits per heavy atom. The van der Waals surface area contributed by atoms with Crippen LogP contribution in [0.2, 0.25) is 0 Å². The van der Waals surface area contributed by atoms with Crippen LogP contribution >= 0.6 is 11.8 Å². The molecule has 82 valence electrons. The van der Waals surface area contributed by atoms with Gasteiger partial charge in [-0.05, 0) is 29.7 Å². The van der Waals surface area contributed by atoms with Crippen LogP contribution in [0, 0.1) is 0 Å². The van der Waals surface area contributed by atoms with Gasteiger partial charge in [-0.2, -0.15) is 20.5 Å². The van der Waals surface area contributed by atoms with Gasteiger partial charge in [-0.3, -0.25) is 4.98 Å². The monoisotopic (exact) mass is 229 g/mol. The van der Waals surface area contributed by atoms with Crippen molar-refractivity contribution < 1.29 is 8.78 Å².